The first-order chi connectivity index (χ1) is 17.3. The minimum atomic E-state index is -4.42. The van der Waals surface area contributed by atoms with E-state index >= 15 is 0 Å². The van der Waals surface area contributed by atoms with Gasteiger partial charge in [-0.25, -0.2) is 0 Å². The summed E-state index contributed by atoms with van der Waals surface area (Å²) in [7, 11) is 0. The third-order valence-electron chi connectivity index (χ3n) is 5.22. The van der Waals surface area contributed by atoms with Crippen molar-refractivity contribution in [3.05, 3.63) is 95.1 Å². The van der Waals surface area contributed by atoms with Crippen LogP contribution in [-0.2, 0) is 6.18 Å². The minimum Gasteiger partial charge on any atom is -0.348 e. The van der Waals surface area contributed by atoms with E-state index in [0.717, 1.165) is 23.3 Å². The van der Waals surface area contributed by atoms with Crippen LogP contribution in [0, 0.1) is 0 Å². The number of nitrogens with one attached hydrogen (secondary N) is 2. The molecule has 3 aromatic rings. The van der Waals surface area contributed by atoms with Gasteiger partial charge in [-0.05, 0) is 67.0 Å². The number of alkyl halides is 3. The molecule has 0 saturated heterocycles. The van der Waals surface area contributed by atoms with Gasteiger partial charge in [-0.3, -0.25) is 9.98 Å². The van der Waals surface area contributed by atoms with Gasteiger partial charge in [-0.15, -0.1) is 0 Å². The predicted molar refractivity (Wildman–Crippen MR) is 135 cm³/mol. The summed E-state index contributed by atoms with van der Waals surface area (Å²) in [6, 6.07) is 8.68. The van der Waals surface area contributed by atoms with Gasteiger partial charge in [-0.2, -0.15) is 28.1 Å². The number of aliphatic imine (C=N–C) groups is 1. The maximum Gasteiger partial charge on any atom is 0.416 e. The van der Waals surface area contributed by atoms with Crippen LogP contribution in [0.4, 0.5) is 25.1 Å². The van der Waals surface area contributed by atoms with Gasteiger partial charge in [-0.1, -0.05) is 30.4 Å². The van der Waals surface area contributed by atoms with Crippen LogP contribution < -0.4 is 10.6 Å². The second kappa shape index (κ2) is 10.9. The van der Waals surface area contributed by atoms with Crippen LogP contribution in [0.15, 0.2) is 77.6 Å². The highest BCUT2D eigenvalue weighted by molar-refractivity contribution is 6.05. The van der Waals surface area contributed by atoms with Crippen LogP contribution in [0.1, 0.15) is 42.4 Å². The van der Waals surface area contributed by atoms with Gasteiger partial charge in [0.05, 0.1) is 18.2 Å². The normalized spacial score (nSPS) is 14.7. The highest BCUT2D eigenvalue weighted by Crippen LogP contribution is 2.30. The maximum absolute atomic E-state index is 13.1. The van der Waals surface area contributed by atoms with E-state index in [4.69, 9.17) is 0 Å². The van der Waals surface area contributed by atoms with Gasteiger partial charge >= 0.3 is 6.18 Å². The molecule has 0 amide bonds. The molecule has 0 fully saturated rings. The van der Waals surface area contributed by atoms with Crippen molar-refractivity contribution in [1.82, 2.24) is 19.9 Å². The number of amidine groups is 1. The molecule has 0 radical (unpaired) electrons. The number of hydrogen-bond donors (Lipinski definition) is 2. The zero-order valence-electron chi connectivity index (χ0n) is 19.7. The minimum absolute atomic E-state index is 0.131. The van der Waals surface area contributed by atoms with E-state index in [2.05, 4.69) is 35.6 Å². The first-order valence-corrected chi connectivity index (χ1v) is 11.2. The smallest absolute Gasteiger partial charge is 0.348 e. The molecule has 2 N–H and O–H groups in total. The van der Waals surface area contributed by atoms with Crippen LogP contribution in [0.2, 0.25) is 0 Å². The van der Waals surface area contributed by atoms with Gasteiger partial charge in [0.25, 0.3) is 0 Å². The quantitative estimate of drug-likeness (QED) is 0.424. The molecule has 7 nitrogen and oxygen atoms in total. The van der Waals surface area contributed by atoms with Crippen molar-refractivity contribution in [2.75, 3.05) is 17.2 Å². The molecule has 1 aromatic carbocycles. The lowest BCUT2D eigenvalue weighted by Gasteiger charge is -2.15. The Morgan fingerprint density at radius 2 is 1.75 bits per heavy atom. The summed E-state index contributed by atoms with van der Waals surface area (Å²) in [6.07, 6.45) is 7.85. The van der Waals surface area contributed by atoms with E-state index in [9.17, 15) is 13.2 Å². The highest BCUT2D eigenvalue weighted by atomic mass is 19.4. The largest absolute Gasteiger partial charge is 0.416 e. The number of benzene rings is 1. The molecule has 0 aliphatic carbocycles. The molecule has 1 aliphatic heterocycles. The third-order valence-corrected chi connectivity index (χ3v) is 5.22. The molecule has 1 atom stereocenters. The predicted octanol–water partition coefficient (Wildman–Crippen LogP) is 5.96. The SMILES string of the molecule is C/C=C/C1=CC(Nc2nc(/C=C/c3cccc(C(F)(F)F)c3)nc(NC(C)c3ccncc3)n2)=NC1. The fourth-order valence-electron chi connectivity index (χ4n) is 3.45. The Kier molecular flexibility index (Phi) is 7.53. The van der Waals surface area contributed by atoms with Gasteiger partial charge < -0.3 is 10.6 Å². The molecule has 1 unspecified atom stereocenters. The number of nitrogens with zero attached hydrogens (tertiary/aromatic N) is 5. The Balaban J connectivity index is 1.62. The first-order valence-electron chi connectivity index (χ1n) is 11.2. The molecular weight excluding hydrogens is 467 g/mol. The van der Waals surface area contributed by atoms with E-state index in [1.165, 1.54) is 12.1 Å². The summed E-state index contributed by atoms with van der Waals surface area (Å²) in [4.78, 5) is 21.8. The van der Waals surface area contributed by atoms with Crippen molar-refractivity contribution in [2.45, 2.75) is 26.1 Å². The summed E-state index contributed by atoms with van der Waals surface area (Å²) in [5.41, 5.74) is 1.68. The zero-order valence-corrected chi connectivity index (χ0v) is 19.7. The zero-order chi connectivity index (χ0) is 25.5. The number of halogens is 3. The molecule has 184 valence electrons. The van der Waals surface area contributed by atoms with Crippen molar-refractivity contribution >= 4 is 29.9 Å². The van der Waals surface area contributed by atoms with Gasteiger partial charge in [0.2, 0.25) is 11.9 Å². The monoisotopic (exact) mass is 491 g/mol. The number of aromatic nitrogens is 4. The van der Waals surface area contributed by atoms with E-state index in [0.29, 0.717) is 23.9 Å². The number of allylic oxidation sites excluding steroid dienone is 1. The Labute approximate surface area is 206 Å². The second-order valence-electron chi connectivity index (χ2n) is 7.99. The Morgan fingerprint density at radius 3 is 2.50 bits per heavy atom. The molecule has 1 aliphatic rings. The van der Waals surface area contributed by atoms with E-state index in [1.54, 1.807) is 24.5 Å². The Bertz CT molecular complexity index is 1330. The molecule has 0 saturated carbocycles. The van der Waals surface area contributed by atoms with Crippen LogP contribution in [-0.4, -0.2) is 32.3 Å². The van der Waals surface area contributed by atoms with Gasteiger partial charge in [0.15, 0.2) is 5.82 Å². The number of pyridine rings is 1. The third kappa shape index (κ3) is 6.62. The molecule has 36 heavy (non-hydrogen) atoms. The summed E-state index contributed by atoms with van der Waals surface area (Å²) in [5, 5.41) is 6.34. The topological polar surface area (TPSA) is 88.0 Å². The van der Waals surface area contributed by atoms with Crippen molar-refractivity contribution in [1.29, 1.82) is 0 Å². The van der Waals surface area contributed by atoms with E-state index in [1.807, 2.05) is 44.2 Å². The standard InChI is InChI=1S/C26H24F3N7/c1-3-5-19-15-23(31-16-19)35-25-34-22(9-8-18-6-4-7-21(14-18)26(27,28)29)33-24(36-25)32-17(2)20-10-12-30-13-11-20/h3-15,17H,16H2,1-2H3,(H2,31,32,33,34,35,36)/b5-3+,9-8+. The molecule has 10 heteroatoms. The summed E-state index contributed by atoms with van der Waals surface area (Å²) in [6.45, 7) is 4.44. The summed E-state index contributed by atoms with van der Waals surface area (Å²) < 4.78 is 39.2. The van der Waals surface area contributed by atoms with Crippen molar-refractivity contribution < 1.29 is 13.2 Å². The highest BCUT2D eigenvalue weighted by Gasteiger charge is 2.30. The Morgan fingerprint density at radius 1 is 0.972 bits per heavy atom. The molecule has 0 spiro atoms. The first kappa shape index (κ1) is 24.8. The molecule has 3 heterocycles. The van der Waals surface area contributed by atoms with Crippen LogP contribution in [0.3, 0.4) is 0 Å². The van der Waals surface area contributed by atoms with Crippen molar-refractivity contribution in [3.8, 4) is 0 Å². The number of hydrogen-bond acceptors (Lipinski definition) is 7. The summed E-state index contributed by atoms with van der Waals surface area (Å²) >= 11 is 0. The van der Waals surface area contributed by atoms with Crippen molar-refractivity contribution in [3.63, 3.8) is 0 Å². The average Bonchev–Trinajstić information content (AvgIpc) is 3.30. The fourth-order valence-corrected chi connectivity index (χ4v) is 3.45. The fraction of sp³-hybridized carbons (Fsp3) is 0.192. The average molecular weight is 492 g/mol. The lowest BCUT2D eigenvalue weighted by atomic mass is 10.1. The lowest BCUT2D eigenvalue weighted by Crippen LogP contribution is -2.15. The number of rotatable bonds is 7. The molecular formula is C26H24F3N7. The molecule has 2 aromatic heterocycles. The van der Waals surface area contributed by atoms with Crippen LogP contribution >= 0.6 is 0 Å². The molecule has 4 rings (SSSR count). The van der Waals surface area contributed by atoms with E-state index < -0.39 is 11.7 Å². The molecule has 0 bridgehead atoms. The van der Waals surface area contributed by atoms with E-state index in [-0.39, 0.29) is 17.8 Å². The lowest BCUT2D eigenvalue weighted by molar-refractivity contribution is -0.137. The van der Waals surface area contributed by atoms with Gasteiger partial charge in [0, 0.05) is 12.4 Å². The second-order valence-corrected chi connectivity index (χ2v) is 7.99. The van der Waals surface area contributed by atoms with Crippen LogP contribution in [0.25, 0.3) is 12.2 Å². The number of anilines is 2. The Hall–Kier alpha value is -4.34. The van der Waals surface area contributed by atoms with Gasteiger partial charge in [0.1, 0.15) is 5.84 Å². The maximum atomic E-state index is 13.1. The summed E-state index contributed by atoms with van der Waals surface area (Å²) in [5.74, 6) is 1.44. The van der Waals surface area contributed by atoms with Crippen LogP contribution in [0.5, 0.6) is 0 Å². The van der Waals surface area contributed by atoms with Crippen molar-refractivity contribution in [2.24, 2.45) is 4.99 Å².